The number of carbonyl (C=O) groups is 3. The van der Waals surface area contributed by atoms with Gasteiger partial charge >= 0.3 is 0 Å². The van der Waals surface area contributed by atoms with E-state index in [0.717, 1.165) is 0 Å². The zero-order valence-electron chi connectivity index (χ0n) is 19.7. The Morgan fingerprint density at radius 3 is 2.18 bits per heavy atom. The van der Waals surface area contributed by atoms with E-state index in [1.165, 1.54) is 23.4 Å². The highest BCUT2D eigenvalue weighted by Crippen LogP contribution is 2.22. The van der Waals surface area contributed by atoms with E-state index in [4.69, 9.17) is 0 Å². The van der Waals surface area contributed by atoms with Crippen LogP contribution in [0.1, 0.15) is 49.2 Å². The van der Waals surface area contributed by atoms with E-state index in [1.807, 2.05) is 32.0 Å². The van der Waals surface area contributed by atoms with E-state index in [-0.39, 0.29) is 54.6 Å². The maximum absolute atomic E-state index is 13.4. The average molecular weight is 486 g/mol. The van der Waals surface area contributed by atoms with Gasteiger partial charge in [0.25, 0.3) is 0 Å². The van der Waals surface area contributed by atoms with Gasteiger partial charge in [-0.3, -0.25) is 14.4 Å². The molecule has 34 heavy (non-hydrogen) atoms. The number of piperazine rings is 1. The van der Waals surface area contributed by atoms with Gasteiger partial charge in [0.2, 0.25) is 21.8 Å². The molecule has 0 saturated carbocycles. The van der Waals surface area contributed by atoms with Crippen molar-refractivity contribution in [2.45, 2.75) is 38.1 Å². The number of ketones is 1. The molecule has 0 aliphatic carbocycles. The first-order valence-corrected chi connectivity index (χ1v) is 12.8. The van der Waals surface area contributed by atoms with Crippen LogP contribution < -0.4 is 5.32 Å². The molecule has 1 N–H and O–H groups in total. The van der Waals surface area contributed by atoms with Crippen LogP contribution in [0.25, 0.3) is 0 Å². The number of nitrogens with zero attached hydrogens (tertiary/aromatic N) is 2. The monoisotopic (exact) mass is 485 g/mol. The second kappa shape index (κ2) is 10.9. The van der Waals surface area contributed by atoms with Crippen molar-refractivity contribution in [3.8, 4) is 0 Å². The fourth-order valence-electron chi connectivity index (χ4n) is 3.88. The first kappa shape index (κ1) is 25.6. The number of amides is 2. The highest BCUT2D eigenvalue weighted by molar-refractivity contribution is 7.89. The average Bonchev–Trinajstić information content (AvgIpc) is 2.82. The minimum absolute atomic E-state index is 0.0584. The van der Waals surface area contributed by atoms with Crippen molar-refractivity contribution in [3.63, 3.8) is 0 Å². The van der Waals surface area contributed by atoms with E-state index >= 15 is 0 Å². The molecular weight excluding hydrogens is 454 g/mol. The lowest BCUT2D eigenvalue weighted by molar-refractivity contribution is -0.137. The summed E-state index contributed by atoms with van der Waals surface area (Å²) in [5, 5.41) is 2.85. The van der Waals surface area contributed by atoms with Crippen molar-refractivity contribution < 1.29 is 22.8 Å². The van der Waals surface area contributed by atoms with Gasteiger partial charge in [0.05, 0.1) is 4.90 Å². The third-order valence-electron chi connectivity index (χ3n) is 5.71. The van der Waals surface area contributed by atoms with Gasteiger partial charge in [-0.25, -0.2) is 8.42 Å². The summed E-state index contributed by atoms with van der Waals surface area (Å²) in [4.78, 5) is 39.1. The maximum atomic E-state index is 13.4. The van der Waals surface area contributed by atoms with E-state index in [9.17, 15) is 22.8 Å². The summed E-state index contributed by atoms with van der Waals surface area (Å²) >= 11 is 0. The van der Waals surface area contributed by atoms with Crippen LogP contribution in [0.3, 0.4) is 0 Å². The fourth-order valence-corrected chi connectivity index (χ4v) is 5.35. The largest absolute Gasteiger partial charge is 0.341 e. The molecule has 1 aliphatic rings. The Hall–Kier alpha value is -3.04. The van der Waals surface area contributed by atoms with Crippen molar-refractivity contribution in [1.82, 2.24) is 14.5 Å². The number of benzene rings is 2. The van der Waals surface area contributed by atoms with E-state index in [0.29, 0.717) is 17.5 Å². The number of rotatable bonds is 8. The molecule has 0 bridgehead atoms. The van der Waals surface area contributed by atoms with Crippen molar-refractivity contribution in [2.24, 2.45) is 5.92 Å². The quantitative estimate of drug-likeness (QED) is 0.579. The van der Waals surface area contributed by atoms with Crippen LogP contribution in [0, 0.1) is 5.92 Å². The first-order valence-electron chi connectivity index (χ1n) is 11.3. The molecule has 0 radical (unpaired) electrons. The molecule has 1 atom stereocenters. The molecule has 1 saturated heterocycles. The van der Waals surface area contributed by atoms with Crippen LogP contribution in [0.5, 0.6) is 0 Å². The Bertz CT molecular complexity index is 1140. The lowest BCUT2D eigenvalue weighted by atomic mass is 10.0. The van der Waals surface area contributed by atoms with Crippen LogP contribution in [-0.2, 0) is 19.6 Å². The number of carbonyl (C=O) groups excluding carboxylic acids is 3. The summed E-state index contributed by atoms with van der Waals surface area (Å²) in [6.07, 6.45) is 0.308. The molecule has 9 heteroatoms. The lowest BCUT2D eigenvalue weighted by Gasteiger charge is -2.36. The summed E-state index contributed by atoms with van der Waals surface area (Å²) < 4.78 is 27.5. The molecule has 1 heterocycles. The van der Waals surface area contributed by atoms with Crippen LogP contribution in [0.2, 0.25) is 0 Å². The van der Waals surface area contributed by atoms with Crippen molar-refractivity contribution in [1.29, 1.82) is 0 Å². The second-order valence-corrected chi connectivity index (χ2v) is 10.8. The summed E-state index contributed by atoms with van der Waals surface area (Å²) in [5.41, 5.74) is 1.01. The molecule has 8 nitrogen and oxygen atoms in total. The SMILES string of the molecule is CC(=O)c1cccc(S(=O)(=O)N2CCN(C(=O)C(NC(=O)CC(C)C)c3ccccc3)CC2)c1. The Kier molecular flexibility index (Phi) is 8.22. The molecule has 2 aromatic rings. The summed E-state index contributed by atoms with van der Waals surface area (Å²) in [6, 6.07) is 14.2. The predicted octanol–water partition coefficient (Wildman–Crippen LogP) is 2.63. The molecule has 0 aromatic heterocycles. The Morgan fingerprint density at radius 2 is 1.59 bits per heavy atom. The zero-order chi connectivity index (χ0) is 24.9. The van der Waals surface area contributed by atoms with Gasteiger partial charge in [0.1, 0.15) is 6.04 Å². The second-order valence-electron chi connectivity index (χ2n) is 8.82. The van der Waals surface area contributed by atoms with Gasteiger partial charge in [-0.05, 0) is 30.5 Å². The molecule has 2 aromatic carbocycles. The number of nitrogens with one attached hydrogen (secondary N) is 1. The minimum Gasteiger partial charge on any atom is -0.341 e. The molecule has 3 rings (SSSR count). The number of hydrogen-bond donors (Lipinski definition) is 1. The van der Waals surface area contributed by atoms with Crippen LogP contribution in [-0.4, -0.2) is 61.4 Å². The molecule has 1 unspecified atom stereocenters. The van der Waals surface area contributed by atoms with Crippen LogP contribution in [0.4, 0.5) is 0 Å². The van der Waals surface area contributed by atoms with E-state index in [2.05, 4.69) is 5.32 Å². The van der Waals surface area contributed by atoms with Crippen LogP contribution >= 0.6 is 0 Å². The molecule has 2 amide bonds. The molecular formula is C25H31N3O5S. The van der Waals surface area contributed by atoms with Gasteiger partial charge < -0.3 is 10.2 Å². The van der Waals surface area contributed by atoms with Gasteiger partial charge in [-0.2, -0.15) is 4.31 Å². The number of sulfonamides is 1. The topological polar surface area (TPSA) is 104 Å². The van der Waals surface area contributed by atoms with Crippen molar-refractivity contribution in [2.75, 3.05) is 26.2 Å². The van der Waals surface area contributed by atoms with Gasteiger partial charge in [0.15, 0.2) is 5.78 Å². The minimum atomic E-state index is -3.80. The maximum Gasteiger partial charge on any atom is 0.249 e. The van der Waals surface area contributed by atoms with E-state index in [1.54, 1.807) is 29.2 Å². The number of hydrogen-bond acceptors (Lipinski definition) is 5. The molecule has 1 aliphatic heterocycles. The Morgan fingerprint density at radius 1 is 0.941 bits per heavy atom. The fraction of sp³-hybridized carbons (Fsp3) is 0.400. The first-order chi connectivity index (χ1) is 16.1. The molecule has 182 valence electrons. The highest BCUT2D eigenvalue weighted by Gasteiger charge is 2.34. The summed E-state index contributed by atoms with van der Waals surface area (Å²) in [6.45, 7) is 5.91. The molecule has 1 fully saturated rings. The number of Topliss-reactive ketones (excluding diaryl/α,β-unsaturated/α-hetero) is 1. The van der Waals surface area contributed by atoms with Crippen molar-refractivity contribution >= 4 is 27.6 Å². The van der Waals surface area contributed by atoms with Crippen molar-refractivity contribution in [3.05, 3.63) is 65.7 Å². The Balaban J connectivity index is 1.73. The van der Waals surface area contributed by atoms with Gasteiger partial charge in [-0.15, -0.1) is 0 Å². The van der Waals surface area contributed by atoms with Gasteiger partial charge in [-0.1, -0.05) is 56.3 Å². The normalized spacial score (nSPS) is 15.7. The summed E-state index contributed by atoms with van der Waals surface area (Å²) in [5.74, 6) is -0.525. The lowest BCUT2D eigenvalue weighted by Crippen LogP contribution is -2.53. The zero-order valence-corrected chi connectivity index (χ0v) is 20.5. The van der Waals surface area contributed by atoms with Crippen LogP contribution in [0.15, 0.2) is 59.5 Å². The highest BCUT2D eigenvalue weighted by atomic mass is 32.2. The van der Waals surface area contributed by atoms with Gasteiger partial charge in [0, 0.05) is 38.2 Å². The third-order valence-corrected chi connectivity index (χ3v) is 7.60. The summed E-state index contributed by atoms with van der Waals surface area (Å²) in [7, 11) is -3.80. The standard InChI is InChI=1S/C25H31N3O5S/c1-18(2)16-23(30)26-24(20-8-5-4-6-9-20)25(31)27-12-14-28(15-13-27)34(32,33)22-11-7-10-21(17-22)19(3)29/h4-11,17-18,24H,12-16H2,1-3H3,(H,26,30). The predicted molar refractivity (Wildman–Crippen MR) is 129 cm³/mol. The molecule has 0 spiro atoms. The Labute approximate surface area is 201 Å². The van der Waals surface area contributed by atoms with E-state index < -0.39 is 16.1 Å². The third kappa shape index (κ3) is 6.09. The smallest absolute Gasteiger partial charge is 0.249 e.